The third-order valence-electron chi connectivity index (χ3n) is 4.76. The van der Waals surface area contributed by atoms with Crippen LogP contribution in [0.15, 0.2) is 28.8 Å². The summed E-state index contributed by atoms with van der Waals surface area (Å²) >= 11 is 0. The molecule has 1 fully saturated rings. The molecule has 2 aromatic rings. The highest BCUT2D eigenvalue weighted by Crippen LogP contribution is 2.25. The molecule has 1 N–H and O–H groups in total. The highest BCUT2D eigenvalue weighted by Gasteiger charge is 2.21. The van der Waals surface area contributed by atoms with Crippen molar-refractivity contribution in [3.63, 3.8) is 0 Å². The second kappa shape index (κ2) is 7.27. The fourth-order valence-corrected chi connectivity index (χ4v) is 3.35. The monoisotopic (exact) mass is 342 g/mol. The summed E-state index contributed by atoms with van der Waals surface area (Å²) in [6, 6.07) is 7.93. The van der Waals surface area contributed by atoms with E-state index in [9.17, 15) is 4.79 Å². The van der Waals surface area contributed by atoms with Crippen molar-refractivity contribution >= 4 is 5.91 Å². The van der Waals surface area contributed by atoms with Gasteiger partial charge in [-0.25, -0.2) is 0 Å². The summed E-state index contributed by atoms with van der Waals surface area (Å²) in [5.74, 6) is 1.12. The van der Waals surface area contributed by atoms with Crippen LogP contribution in [-0.2, 0) is 24.2 Å². The number of rotatable bonds is 5. The van der Waals surface area contributed by atoms with Gasteiger partial charge in [0.25, 0.3) is 5.91 Å². The van der Waals surface area contributed by atoms with Crippen molar-refractivity contribution in [2.45, 2.75) is 44.8 Å². The zero-order chi connectivity index (χ0) is 17.1. The van der Waals surface area contributed by atoms with Crippen molar-refractivity contribution in [2.75, 3.05) is 13.2 Å². The Hall–Kier alpha value is -2.34. The van der Waals surface area contributed by atoms with Crippen LogP contribution in [-0.4, -0.2) is 30.3 Å². The number of hydrogen-bond acceptors (Lipinski definition) is 5. The molecule has 6 nitrogen and oxygen atoms in total. The van der Waals surface area contributed by atoms with E-state index in [-0.39, 0.29) is 24.2 Å². The van der Waals surface area contributed by atoms with Crippen molar-refractivity contribution in [2.24, 2.45) is 0 Å². The number of amides is 1. The van der Waals surface area contributed by atoms with Gasteiger partial charge in [0.1, 0.15) is 12.4 Å². The summed E-state index contributed by atoms with van der Waals surface area (Å²) < 4.78 is 16.3. The van der Waals surface area contributed by atoms with E-state index in [0.29, 0.717) is 19.0 Å². The molecule has 0 unspecified atom stereocenters. The molecule has 1 aliphatic carbocycles. The average molecular weight is 342 g/mol. The van der Waals surface area contributed by atoms with Gasteiger partial charge in [-0.05, 0) is 55.4 Å². The van der Waals surface area contributed by atoms with Crippen LogP contribution in [0.4, 0.5) is 0 Å². The fraction of sp³-hybridized carbons (Fsp3) is 0.474. The van der Waals surface area contributed by atoms with Crippen LogP contribution >= 0.6 is 0 Å². The second-order valence-electron chi connectivity index (χ2n) is 6.64. The molecule has 0 saturated carbocycles. The molecule has 0 bridgehead atoms. The summed E-state index contributed by atoms with van der Waals surface area (Å²) in [4.78, 5) is 12.1. The number of benzene rings is 1. The molecule has 1 atom stereocenters. The zero-order valence-electron chi connectivity index (χ0n) is 14.1. The molecular formula is C19H22N2O4. The third kappa shape index (κ3) is 3.85. The molecule has 1 aromatic carbocycles. The first-order valence-electron chi connectivity index (χ1n) is 8.87. The first-order chi connectivity index (χ1) is 12.3. The van der Waals surface area contributed by atoms with Crippen molar-refractivity contribution in [3.05, 3.63) is 46.8 Å². The minimum atomic E-state index is -0.237. The van der Waals surface area contributed by atoms with Crippen LogP contribution in [0.1, 0.15) is 46.6 Å². The predicted molar refractivity (Wildman–Crippen MR) is 90.6 cm³/mol. The Bertz CT molecular complexity index is 750. The van der Waals surface area contributed by atoms with Crippen LogP contribution in [0.5, 0.6) is 5.75 Å². The highest BCUT2D eigenvalue weighted by molar-refractivity contribution is 5.92. The molecular weight excluding hydrogens is 320 g/mol. The number of fused-ring (bicyclic) bond motifs is 1. The molecule has 1 saturated heterocycles. The number of carbonyl (C=O) groups excluding carboxylic acids is 1. The maximum absolute atomic E-state index is 12.1. The lowest BCUT2D eigenvalue weighted by atomic mass is 9.92. The van der Waals surface area contributed by atoms with Crippen LogP contribution < -0.4 is 10.1 Å². The van der Waals surface area contributed by atoms with Gasteiger partial charge in [0, 0.05) is 12.7 Å². The van der Waals surface area contributed by atoms with Crippen molar-refractivity contribution < 1.29 is 18.8 Å². The average Bonchev–Trinajstić information content (AvgIpc) is 3.31. The zero-order valence-corrected chi connectivity index (χ0v) is 14.1. The number of hydrogen-bond donors (Lipinski definition) is 1. The Morgan fingerprint density at radius 3 is 2.96 bits per heavy atom. The summed E-state index contributed by atoms with van der Waals surface area (Å²) in [5.41, 5.74) is 3.07. The van der Waals surface area contributed by atoms with Gasteiger partial charge in [0.05, 0.1) is 12.6 Å². The van der Waals surface area contributed by atoms with Gasteiger partial charge in [-0.15, -0.1) is 0 Å². The van der Waals surface area contributed by atoms with Gasteiger partial charge in [0.15, 0.2) is 11.5 Å². The lowest BCUT2D eigenvalue weighted by molar-refractivity contribution is 0.0920. The summed E-state index contributed by atoms with van der Waals surface area (Å²) in [7, 11) is 0. The minimum absolute atomic E-state index is 0.0550. The van der Waals surface area contributed by atoms with E-state index in [0.717, 1.165) is 25.0 Å². The van der Waals surface area contributed by atoms with E-state index in [1.807, 2.05) is 6.07 Å². The van der Waals surface area contributed by atoms with Gasteiger partial charge < -0.3 is 19.3 Å². The number of aryl methyl sites for hydroxylation is 2. The molecule has 1 aliphatic heterocycles. The standard InChI is InChI=1S/C19H22N2O4/c22-19(20-15-7-8-23-11-15)18-10-17(25-21-18)12-24-16-6-5-13-3-1-2-4-14(13)9-16/h5-6,9-10,15H,1-4,7-8,11-12H2,(H,20,22)/t15-/m1/s1. The topological polar surface area (TPSA) is 73.6 Å². The van der Waals surface area contributed by atoms with Gasteiger partial charge in [-0.3, -0.25) is 4.79 Å². The van der Waals surface area contributed by atoms with Crippen LogP contribution in [0, 0.1) is 0 Å². The second-order valence-corrected chi connectivity index (χ2v) is 6.64. The number of nitrogens with zero attached hydrogens (tertiary/aromatic N) is 1. The fourth-order valence-electron chi connectivity index (χ4n) is 3.35. The number of carbonyl (C=O) groups is 1. The van der Waals surface area contributed by atoms with Gasteiger partial charge in [-0.1, -0.05) is 11.2 Å². The smallest absolute Gasteiger partial charge is 0.273 e. The van der Waals surface area contributed by atoms with Crippen LogP contribution in [0.25, 0.3) is 0 Å². The molecule has 0 spiro atoms. The molecule has 2 aliphatic rings. The third-order valence-corrected chi connectivity index (χ3v) is 4.76. The largest absolute Gasteiger partial charge is 0.486 e. The first kappa shape index (κ1) is 16.1. The van der Waals surface area contributed by atoms with E-state index < -0.39 is 0 Å². The summed E-state index contributed by atoms with van der Waals surface area (Å²) in [6.45, 7) is 1.49. The Labute approximate surface area is 146 Å². The number of ether oxygens (including phenoxy) is 2. The van der Waals surface area contributed by atoms with Gasteiger partial charge in [0.2, 0.25) is 0 Å². The molecule has 6 heteroatoms. The lowest BCUT2D eigenvalue weighted by Crippen LogP contribution is -2.35. The van der Waals surface area contributed by atoms with E-state index in [4.69, 9.17) is 14.0 Å². The molecule has 0 radical (unpaired) electrons. The van der Waals surface area contributed by atoms with Crippen molar-refractivity contribution in [3.8, 4) is 5.75 Å². The van der Waals surface area contributed by atoms with Gasteiger partial charge >= 0.3 is 0 Å². The molecule has 2 heterocycles. The maximum atomic E-state index is 12.1. The SMILES string of the molecule is O=C(N[C@@H]1CCOC1)c1cc(COc2ccc3c(c2)CCCC3)on1. The maximum Gasteiger partial charge on any atom is 0.273 e. The first-order valence-corrected chi connectivity index (χ1v) is 8.87. The Kier molecular flexibility index (Phi) is 4.70. The summed E-state index contributed by atoms with van der Waals surface area (Å²) in [6.07, 6.45) is 5.61. The lowest BCUT2D eigenvalue weighted by Gasteiger charge is -2.16. The normalized spacial score (nSPS) is 19.4. The highest BCUT2D eigenvalue weighted by atomic mass is 16.5. The molecule has 4 rings (SSSR count). The van der Waals surface area contributed by atoms with E-state index in [1.165, 1.54) is 24.0 Å². The van der Waals surface area contributed by atoms with E-state index >= 15 is 0 Å². The molecule has 1 amide bonds. The van der Waals surface area contributed by atoms with Crippen molar-refractivity contribution in [1.29, 1.82) is 0 Å². The molecule has 1 aromatic heterocycles. The van der Waals surface area contributed by atoms with E-state index in [2.05, 4.69) is 22.6 Å². The van der Waals surface area contributed by atoms with Crippen molar-refractivity contribution in [1.82, 2.24) is 10.5 Å². The Morgan fingerprint density at radius 1 is 1.24 bits per heavy atom. The van der Waals surface area contributed by atoms with Crippen LogP contribution in [0.3, 0.4) is 0 Å². The Balaban J connectivity index is 1.34. The number of aromatic nitrogens is 1. The minimum Gasteiger partial charge on any atom is -0.486 e. The Morgan fingerprint density at radius 2 is 2.12 bits per heavy atom. The van der Waals surface area contributed by atoms with Crippen LogP contribution in [0.2, 0.25) is 0 Å². The van der Waals surface area contributed by atoms with Gasteiger partial charge in [-0.2, -0.15) is 0 Å². The summed E-state index contributed by atoms with van der Waals surface area (Å²) in [5, 5.41) is 6.72. The van der Waals surface area contributed by atoms with E-state index in [1.54, 1.807) is 6.07 Å². The predicted octanol–water partition coefficient (Wildman–Crippen LogP) is 2.65. The molecule has 132 valence electrons. The molecule has 25 heavy (non-hydrogen) atoms. The number of nitrogens with one attached hydrogen (secondary N) is 1. The quantitative estimate of drug-likeness (QED) is 0.904.